The first-order valence-corrected chi connectivity index (χ1v) is 17.7. The Morgan fingerprint density at radius 2 is 2.22 bits per heavy atom. The minimum absolute atomic E-state index is 0.0546. The van der Waals surface area contributed by atoms with Crippen LogP contribution in [-0.2, 0) is 15.9 Å². The molecule has 1 aromatic heterocycles. The van der Waals surface area contributed by atoms with Gasteiger partial charge in [-0.3, -0.25) is 0 Å². The topological polar surface area (TPSA) is 18.5 Å². The summed E-state index contributed by atoms with van der Waals surface area (Å²) in [6, 6.07) is 2.28. The van der Waals surface area contributed by atoms with Crippen molar-refractivity contribution in [2.24, 2.45) is 0 Å². The van der Waals surface area contributed by atoms with Crippen molar-refractivity contribution in [2.45, 2.75) is 46.8 Å². The van der Waals surface area contributed by atoms with Gasteiger partial charge in [0.2, 0.25) is 0 Å². The third-order valence-electron chi connectivity index (χ3n) is 3.24. The summed E-state index contributed by atoms with van der Waals surface area (Å²) in [5.74, 6) is 0. The van der Waals surface area contributed by atoms with Gasteiger partial charge < -0.3 is 0 Å². The van der Waals surface area contributed by atoms with Crippen molar-refractivity contribution >= 4 is 32.6 Å². The molecule has 1 atom stereocenters. The normalized spacial score (nSPS) is 21.2. The number of ether oxygens (including phenoxy) is 2. The van der Waals surface area contributed by atoms with Crippen LogP contribution in [0.1, 0.15) is 24.8 Å². The molecule has 0 amide bonds. The van der Waals surface area contributed by atoms with E-state index in [4.69, 9.17) is 9.47 Å². The van der Waals surface area contributed by atoms with Gasteiger partial charge in [0.25, 0.3) is 0 Å². The van der Waals surface area contributed by atoms with E-state index in [-0.39, 0.29) is 6.29 Å². The summed E-state index contributed by atoms with van der Waals surface area (Å²) in [4.78, 5) is 7.44. The van der Waals surface area contributed by atoms with Gasteiger partial charge in [-0.05, 0) is 0 Å². The van der Waals surface area contributed by atoms with E-state index in [0.717, 1.165) is 26.1 Å². The molecule has 1 aromatic rings. The fraction of sp³-hybridized carbons (Fsp3) is 0.714. The standard InChI is InChI=1S/C11H15O2S.3CH3.Sn/c1-2-6-12-11(3-1)13-7-4-10-5-8-14-9-10;;;;/h5,8,11H,1-4,6-7H2;3*1H3;. The Morgan fingerprint density at radius 1 is 1.39 bits per heavy atom. The third kappa shape index (κ3) is 4.22. The Hall–Kier alpha value is 0.419. The number of thiophene rings is 1. The zero-order valence-corrected chi connectivity index (χ0v) is 15.4. The van der Waals surface area contributed by atoms with Crippen LogP contribution in [0.2, 0.25) is 14.8 Å². The molecule has 1 saturated heterocycles. The summed E-state index contributed by atoms with van der Waals surface area (Å²) < 4.78 is 13.1. The van der Waals surface area contributed by atoms with E-state index in [0.29, 0.717) is 0 Å². The van der Waals surface area contributed by atoms with E-state index < -0.39 is 18.4 Å². The summed E-state index contributed by atoms with van der Waals surface area (Å²) in [5.41, 5.74) is 1.53. The molecule has 0 aromatic carbocycles. The summed E-state index contributed by atoms with van der Waals surface area (Å²) in [6.07, 6.45) is 4.60. The summed E-state index contributed by atoms with van der Waals surface area (Å²) in [7, 11) is 0. The fourth-order valence-corrected chi connectivity index (χ4v) is 10.3. The molecule has 1 unspecified atom stereocenters. The minimum atomic E-state index is -1.91. The van der Waals surface area contributed by atoms with Crippen molar-refractivity contribution < 1.29 is 9.47 Å². The second-order valence-electron chi connectivity index (χ2n) is 5.94. The molecule has 2 heterocycles. The molecule has 18 heavy (non-hydrogen) atoms. The quantitative estimate of drug-likeness (QED) is 0.735. The Kier molecular flexibility index (Phi) is 5.54. The third-order valence-corrected chi connectivity index (χ3v) is 13.9. The summed E-state index contributed by atoms with van der Waals surface area (Å²) >= 11 is 0.0363. The van der Waals surface area contributed by atoms with Gasteiger partial charge in [0, 0.05) is 0 Å². The molecule has 0 N–H and O–H groups in total. The molecule has 4 heteroatoms. The monoisotopic (exact) mass is 376 g/mol. The molecule has 0 saturated carbocycles. The summed E-state index contributed by atoms with van der Waals surface area (Å²) in [6.45, 7) is 1.67. The number of hydrogen-bond donors (Lipinski definition) is 0. The van der Waals surface area contributed by atoms with Gasteiger partial charge in [-0.2, -0.15) is 0 Å². The van der Waals surface area contributed by atoms with Crippen LogP contribution in [0.4, 0.5) is 0 Å². The van der Waals surface area contributed by atoms with Crippen molar-refractivity contribution in [2.75, 3.05) is 13.2 Å². The van der Waals surface area contributed by atoms with Crippen molar-refractivity contribution in [3.8, 4) is 0 Å². The predicted molar refractivity (Wildman–Crippen MR) is 80.5 cm³/mol. The second-order valence-corrected chi connectivity index (χ2v) is 22.2. The van der Waals surface area contributed by atoms with E-state index in [9.17, 15) is 0 Å². The first-order valence-electron chi connectivity index (χ1n) is 6.87. The first kappa shape index (κ1) is 14.8. The van der Waals surface area contributed by atoms with Gasteiger partial charge in [-0.1, -0.05) is 0 Å². The van der Waals surface area contributed by atoms with Crippen LogP contribution in [0.25, 0.3) is 0 Å². The van der Waals surface area contributed by atoms with Crippen LogP contribution in [-0.4, -0.2) is 37.9 Å². The van der Waals surface area contributed by atoms with Gasteiger partial charge >= 0.3 is 119 Å². The Labute approximate surface area is 119 Å². The number of hydrogen-bond acceptors (Lipinski definition) is 3. The predicted octanol–water partition coefficient (Wildman–Crippen LogP) is 3.38. The van der Waals surface area contributed by atoms with Gasteiger partial charge in [-0.15, -0.1) is 0 Å². The molecule has 1 aliphatic rings. The molecule has 2 rings (SSSR count). The fourth-order valence-electron chi connectivity index (χ4n) is 2.33. The van der Waals surface area contributed by atoms with Crippen LogP contribution in [0.5, 0.6) is 0 Å². The van der Waals surface area contributed by atoms with Crippen LogP contribution in [0.3, 0.4) is 0 Å². The van der Waals surface area contributed by atoms with E-state index in [1.54, 1.807) is 2.89 Å². The zero-order chi connectivity index (χ0) is 13.0. The van der Waals surface area contributed by atoms with Crippen molar-refractivity contribution in [1.29, 1.82) is 0 Å². The molecule has 0 bridgehead atoms. The average molecular weight is 375 g/mol. The van der Waals surface area contributed by atoms with E-state index in [1.807, 2.05) is 11.3 Å². The van der Waals surface area contributed by atoms with Gasteiger partial charge in [0.15, 0.2) is 0 Å². The van der Waals surface area contributed by atoms with Crippen LogP contribution >= 0.6 is 11.3 Å². The maximum atomic E-state index is 5.83. The summed E-state index contributed by atoms with van der Waals surface area (Å²) in [5, 5.41) is 2.24. The molecule has 1 fully saturated rings. The van der Waals surface area contributed by atoms with Crippen LogP contribution in [0.15, 0.2) is 11.4 Å². The van der Waals surface area contributed by atoms with Gasteiger partial charge in [0.05, 0.1) is 0 Å². The molecule has 1 aliphatic heterocycles. The van der Waals surface area contributed by atoms with E-state index in [1.165, 1.54) is 18.4 Å². The molecular weight excluding hydrogens is 351 g/mol. The molecular formula is C14H24O2SSn. The van der Waals surface area contributed by atoms with E-state index >= 15 is 0 Å². The van der Waals surface area contributed by atoms with Crippen LogP contribution < -0.4 is 2.89 Å². The zero-order valence-electron chi connectivity index (χ0n) is 11.7. The van der Waals surface area contributed by atoms with Gasteiger partial charge in [0.1, 0.15) is 0 Å². The molecule has 0 aliphatic carbocycles. The molecule has 0 spiro atoms. The SMILES string of the molecule is [CH3][Sn]([CH3])([CH3])[c]1sccc1CCOC1CCCCO1. The molecule has 2 nitrogen and oxygen atoms in total. The second kappa shape index (κ2) is 6.73. The Bertz CT molecular complexity index is 364. The van der Waals surface area contributed by atoms with E-state index in [2.05, 4.69) is 26.3 Å². The van der Waals surface area contributed by atoms with Crippen LogP contribution in [0, 0.1) is 0 Å². The average Bonchev–Trinajstić information content (AvgIpc) is 2.78. The van der Waals surface area contributed by atoms with Crippen molar-refractivity contribution in [3.63, 3.8) is 0 Å². The molecule has 0 radical (unpaired) electrons. The Balaban J connectivity index is 1.81. The Morgan fingerprint density at radius 3 is 2.89 bits per heavy atom. The van der Waals surface area contributed by atoms with Crippen molar-refractivity contribution in [1.82, 2.24) is 0 Å². The first-order chi connectivity index (χ1) is 8.57. The van der Waals surface area contributed by atoms with Gasteiger partial charge in [-0.25, -0.2) is 0 Å². The van der Waals surface area contributed by atoms with Crippen molar-refractivity contribution in [3.05, 3.63) is 17.0 Å². The molecule has 102 valence electrons. The number of rotatable bonds is 5. The maximum absolute atomic E-state index is 5.83.